The maximum absolute atomic E-state index is 13.3. The first kappa shape index (κ1) is 26.3. The van der Waals surface area contributed by atoms with Crippen LogP contribution in [0.2, 0.25) is 0 Å². The number of hydrogen-bond donors (Lipinski definition) is 2. The molecule has 32 heavy (non-hydrogen) atoms. The molecule has 0 aromatic rings. The number of carbonyl (C=O) groups is 3. The van der Waals surface area contributed by atoms with Gasteiger partial charge in [0, 0.05) is 32.3 Å². The lowest BCUT2D eigenvalue weighted by atomic mass is 9.85. The molecule has 2 aliphatic heterocycles. The first-order valence-electron chi connectivity index (χ1n) is 11.8. The van der Waals surface area contributed by atoms with Crippen molar-refractivity contribution < 1.29 is 19.5 Å². The minimum Gasteiger partial charge on any atom is -0.391 e. The van der Waals surface area contributed by atoms with Gasteiger partial charge in [0.15, 0.2) is 0 Å². The Hall–Kier alpha value is -1.93. The molecule has 0 aromatic heterocycles. The number of β-amino-alcohol motifs (C(OH)–C–C–N with tert-alkyl or cyclic N) is 1. The molecule has 2 saturated heterocycles. The number of likely N-dealkylation sites (tertiary alicyclic amines) is 2. The predicted octanol–water partition coefficient (Wildman–Crippen LogP) is 1.39. The number of rotatable bonds is 6. The molecule has 8 heteroatoms. The summed E-state index contributed by atoms with van der Waals surface area (Å²) in [6.45, 7) is 9.73. The van der Waals surface area contributed by atoms with E-state index in [4.69, 9.17) is 0 Å². The Labute approximate surface area is 193 Å². The number of carbonyl (C=O) groups excluding carboxylic acids is 3. The minimum absolute atomic E-state index is 0.0977. The lowest BCUT2D eigenvalue weighted by Crippen LogP contribution is -2.58. The highest BCUT2D eigenvalue weighted by atomic mass is 16.3. The van der Waals surface area contributed by atoms with Crippen molar-refractivity contribution in [3.8, 4) is 0 Å². The summed E-state index contributed by atoms with van der Waals surface area (Å²) in [6.07, 6.45) is 5.70. The predicted molar refractivity (Wildman–Crippen MR) is 125 cm³/mol. The molecule has 2 N–H and O–H groups in total. The number of amides is 3. The molecule has 0 aliphatic carbocycles. The van der Waals surface area contributed by atoms with Gasteiger partial charge in [0.05, 0.1) is 12.1 Å². The summed E-state index contributed by atoms with van der Waals surface area (Å²) in [4.78, 5) is 44.1. The quantitative estimate of drug-likeness (QED) is 0.597. The van der Waals surface area contributed by atoms with E-state index in [1.807, 2.05) is 27.8 Å². The van der Waals surface area contributed by atoms with Gasteiger partial charge in [-0.25, -0.2) is 0 Å². The van der Waals surface area contributed by atoms with Crippen molar-refractivity contribution >= 4 is 17.7 Å². The van der Waals surface area contributed by atoms with Gasteiger partial charge in [-0.2, -0.15) is 0 Å². The van der Waals surface area contributed by atoms with Crippen LogP contribution in [0.15, 0.2) is 11.6 Å². The van der Waals surface area contributed by atoms with Crippen LogP contribution in [-0.4, -0.2) is 96.0 Å². The van der Waals surface area contributed by atoms with Gasteiger partial charge in [0.2, 0.25) is 17.7 Å². The number of hydrogen-bond acceptors (Lipinski definition) is 5. The van der Waals surface area contributed by atoms with Crippen molar-refractivity contribution in [3.63, 3.8) is 0 Å². The molecule has 0 bridgehead atoms. The van der Waals surface area contributed by atoms with Gasteiger partial charge in [-0.3, -0.25) is 19.3 Å². The third-order valence-corrected chi connectivity index (χ3v) is 6.54. The van der Waals surface area contributed by atoms with Gasteiger partial charge in [0.25, 0.3) is 0 Å². The molecule has 2 heterocycles. The average molecular weight is 451 g/mol. The molecule has 182 valence electrons. The van der Waals surface area contributed by atoms with Gasteiger partial charge in [-0.05, 0) is 51.6 Å². The number of aliphatic hydroxyl groups is 1. The van der Waals surface area contributed by atoms with Gasteiger partial charge in [-0.15, -0.1) is 0 Å². The summed E-state index contributed by atoms with van der Waals surface area (Å²) in [6, 6.07) is -0.858. The van der Waals surface area contributed by atoms with E-state index in [9.17, 15) is 19.5 Å². The number of nitrogens with one attached hydrogen (secondary N) is 1. The molecule has 3 amide bonds. The number of likely N-dealkylation sites (N-methyl/N-ethyl adjacent to an activating group) is 2. The Morgan fingerprint density at radius 1 is 1.16 bits per heavy atom. The largest absolute Gasteiger partial charge is 0.391 e. The van der Waals surface area contributed by atoms with E-state index in [2.05, 4.69) is 10.2 Å². The topological polar surface area (TPSA) is 93.2 Å². The van der Waals surface area contributed by atoms with Crippen LogP contribution < -0.4 is 5.32 Å². The Balaban J connectivity index is 2.01. The van der Waals surface area contributed by atoms with Gasteiger partial charge < -0.3 is 20.2 Å². The Bertz CT molecular complexity index is 715. The molecule has 3 unspecified atom stereocenters. The molecular formula is C24H42N4O4. The van der Waals surface area contributed by atoms with E-state index in [0.717, 1.165) is 38.6 Å². The lowest BCUT2D eigenvalue weighted by molar-refractivity contribution is -0.139. The average Bonchev–Trinajstić information content (AvgIpc) is 2.73. The van der Waals surface area contributed by atoms with Crippen molar-refractivity contribution in [1.82, 2.24) is 20.0 Å². The van der Waals surface area contributed by atoms with E-state index < -0.39 is 17.6 Å². The maximum Gasteiger partial charge on any atom is 0.249 e. The van der Waals surface area contributed by atoms with Gasteiger partial charge in [-0.1, -0.05) is 33.3 Å². The Kier molecular flexibility index (Phi) is 9.28. The zero-order chi connectivity index (χ0) is 24.1. The summed E-state index contributed by atoms with van der Waals surface area (Å²) in [5.74, 6) is -0.376. The van der Waals surface area contributed by atoms with Crippen LogP contribution in [0.1, 0.15) is 59.8 Å². The van der Waals surface area contributed by atoms with Crippen LogP contribution >= 0.6 is 0 Å². The second-order valence-electron chi connectivity index (χ2n) is 10.5. The van der Waals surface area contributed by atoms with E-state index in [0.29, 0.717) is 18.7 Å². The van der Waals surface area contributed by atoms with Crippen LogP contribution in [0.25, 0.3) is 0 Å². The highest BCUT2D eigenvalue weighted by molar-refractivity contribution is 5.93. The van der Waals surface area contributed by atoms with Crippen LogP contribution in [0, 0.1) is 5.41 Å². The van der Waals surface area contributed by atoms with Crippen LogP contribution in [-0.2, 0) is 14.4 Å². The fourth-order valence-corrected chi connectivity index (χ4v) is 4.35. The number of nitrogens with zero attached hydrogens (tertiary/aromatic N) is 3. The number of piperidine rings is 2. The summed E-state index contributed by atoms with van der Waals surface area (Å²) in [5, 5.41) is 12.8. The lowest BCUT2D eigenvalue weighted by Gasteiger charge is -2.37. The zero-order valence-electron chi connectivity index (χ0n) is 20.7. The zero-order valence-corrected chi connectivity index (χ0v) is 20.7. The third kappa shape index (κ3) is 7.04. The smallest absolute Gasteiger partial charge is 0.249 e. The molecule has 0 spiro atoms. The van der Waals surface area contributed by atoms with Crippen molar-refractivity contribution in [2.24, 2.45) is 5.41 Å². The molecule has 2 fully saturated rings. The van der Waals surface area contributed by atoms with Crippen molar-refractivity contribution in [2.75, 3.05) is 40.3 Å². The molecule has 0 saturated carbocycles. The van der Waals surface area contributed by atoms with E-state index in [-0.39, 0.29) is 30.3 Å². The fraction of sp³-hybridized carbons (Fsp3) is 0.792. The second kappa shape index (κ2) is 11.3. The van der Waals surface area contributed by atoms with E-state index >= 15 is 0 Å². The van der Waals surface area contributed by atoms with E-state index in [1.165, 1.54) is 0 Å². The summed E-state index contributed by atoms with van der Waals surface area (Å²) < 4.78 is 0. The minimum atomic E-state index is -0.656. The summed E-state index contributed by atoms with van der Waals surface area (Å²) in [5.41, 5.74) is 0.103. The third-order valence-electron chi connectivity index (χ3n) is 6.54. The first-order chi connectivity index (χ1) is 14.9. The van der Waals surface area contributed by atoms with Gasteiger partial charge >= 0.3 is 0 Å². The SMILES string of the molecule is C/C(=C\CN(C)C(=O)C(NC(=O)C1CCCCN1C)C(C)(C)C)C(=O)N1CCCC(O)C1. The monoisotopic (exact) mass is 450 g/mol. The molecule has 0 radical (unpaired) electrons. The van der Waals surface area contributed by atoms with Crippen molar-refractivity contribution in [1.29, 1.82) is 0 Å². The summed E-state index contributed by atoms with van der Waals surface area (Å²) in [7, 11) is 3.65. The molecule has 8 nitrogen and oxygen atoms in total. The van der Waals surface area contributed by atoms with E-state index in [1.54, 1.807) is 29.8 Å². The molecule has 2 aliphatic rings. The first-order valence-corrected chi connectivity index (χ1v) is 11.8. The number of aliphatic hydroxyl groups excluding tert-OH is 1. The molecular weight excluding hydrogens is 408 g/mol. The van der Waals surface area contributed by atoms with Crippen LogP contribution in [0.5, 0.6) is 0 Å². The Morgan fingerprint density at radius 3 is 2.44 bits per heavy atom. The molecule has 2 rings (SSSR count). The molecule has 3 atom stereocenters. The normalized spacial score (nSPS) is 24.1. The Morgan fingerprint density at radius 2 is 1.84 bits per heavy atom. The highest BCUT2D eigenvalue weighted by Gasteiger charge is 2.37. The maximum atomic E-state index is 13.3. The standard InChI is InChI=1S/C24H42N4O4/c1-17(22(31)28-14-9-10-18(29)16-28)12-15-27(6)23(32)20(24(2,3)4)25-21(30)19-11-7-8-13-26(19)5/h12,18-20,29H,7-11,13-16H2,1-6H3,(H,25,30)/b17-12+. The van der Waals surface area contributed by atoms with Gasteiger partial charge in [0.1, 0.15) is 6.04 Å². The highest BCUT2D eigenvalue weighted by Crippen LogP contribution is 2.23. The van der Waals surface area contributed by atoms with Crippen LogP contribution in [0.3, 0.4) is 0 Å². The fourth-order valence-electron chi connectivity index (χ4n) is 4.35. The van der Waals surface area contributed by atoms with Crippen LogP contribution in [0.4, 0.5) is 0 Å². The second-order valence-corrected chi connectivity index (χ2v) is 10.5. The molecule has 0 aromatic carbocycles. The van der Waals surface area contributed by atoms with Crippen molar-refractivity contribution in [2.45, 2.75) is 78.0 Å². The van der Waals surface area contributed by atoms with Crippen molar-refractivity contribution in [3.05, 3.63) is 11.6 Å². The summed E-state index contributed by atoms with van der Waals surface area (Å²) >= 11 is 0.